The normalized spacial score (nSPS) is 12.9. The number of ether oxygens (including phenoxy) is 3. The summed E-state index contributed by atoms with van der Waals surface area (Å²) in [6, 6.07) is 12.5. The Morgan fingerprint density at radius 2 is 1.80 bits per heavy atom. The highest BCUT2D eigenvalue weighted by molar-refractivity contribution is 7.92. The molecule has 9 heteroatoms. The van der Waals surface area contributed by atoms with Crippen LogP contribution in [0.3, 0.4) is 0 Å². The molecule has 0 spiro atoms. The van der Waals surface area contributed by atoms with Crippen LogP contribution in [-0.4, -0.2) is 47.4 Å². The minimum Gasteiger partial charge on any atom is -0.497 e. The lowest BCUT2D eigenvalue weighted by Gasteiger charge is -2.25. The Bertz CT molecular complexity index is 975. The second-order valence-corrected chi connectivity index (χ2v) is 8.80. The van der Waals surface area contributed by atoms with Gasteiger partial charge in [-0.1, -0.05) is 12.1 Å². The standard InChI is InChI=1S/C21H26N2O6S/c1-27-18-8-5-16(6-9-18)15-22-21(24)4-3-11-23(30(2,25)26)17-7-10-19-20(14-17)29-13-12-28-19/h5-10,14H,3-4,11-13,15H2,1-2H3,(H,22,24). The van der Waals surface area contributed by atoms with E-state index in [1.807, 2.05) is 24.3 Å². The maximum absolute atomic E-state index is 12.3. The Labute approximate surface area is 176 Å². The molecule has 8 nitrogen and oxygen atoms in total. The van der Waals surface area contributed by atoms with Crippen molar-refractivity contribution >= 4 is 21.6 Å². The average molecular weight is 435 g/mol. The van der Waals surface area contributed by atoms with Crippen LogP contribution in [-0.2, 0) is 21.4 Å². The SMILES string of the molecule is COc1ccc(CNC(=O)CCCN(c2ccc3c(c2)OCCO3)S(C)(=O)=O)cc1. The monoisotopic (exact) mass is 434 g/mol. The van der Waals surface area contributed by atoms with Crippen LogP contribution in [0.5, 0.6) is 17.2 Å². The van der Waals surface area contributed by atoms with Crippen LogP contribution in [0.2, 0.25) is 0 Å². The van der Waals surface area contributed by atoms with E-state index in [-0.39, 0.29) is 18.9 Å². The number of sulfonamides is 1. The molecule has 0 saturated carbocycles. The van der Waals surface area contributed by atoms with Crippen LogP contribution in [0.1, 0.15) is 18.4 Å². The molecule has 0 unspecified atom stereocenters. The van der Waals surface area contributed by atoms with Gasteiger partial charge in [0.2, 0.25) is 15.9 Å². The van der Waals surface area contributed by atoms with Gasteiger partial charge in [-0.15, -0.1) is 0 Å². The van der Waals surface area contributed by atoms with Gasteiger partial charge in [0, 0.05) is 25.6 Å². The Hall–Kier alpha value is -2.94. The molecule has 0 bridgehead atoms. The van der Waals surface area contributed by atoms with Gasteiger partial charge in [-0.25, -0.2) is 8.42 Å². The summed E-state index contributed by atoms with van der Waals surface area (Å²) in [4.78, 5) is 12.2. The van der Waals surface area contributed by atoms with Crippen molar-refractivity contribution in [3.05, 3.63) is 48.0 Å². The summed E-state index contributed by atoms with van der Waals surface area (Å²) >= 11 is 0. The number of fused-ring (bicyclic) bond motifs is 1. The van der Waals surface area contributed by atoms with Gasteiger partial charge in [0.1, 0.15) is 19.0 Å². The van der Waals surface area contributed by atoms with Gasteiger partial charge in [0.05, 0.1) is 19.1 Å². The lowest BCUT2D eigenvalue weighted by molar-refractivity contribution is -0.121. The van der Waals surface area contributed by atoms with Crippen molar-refractivity contribution in [2.24, 2.45) is 0 Å². The molecule has 3 rings (SSSR count). The van der Waals surface area contributed by atoms with Crippen molar-refractivity contribution < 1.29 is 27.4 Å². The predicted octanol–water partition coefficient (Wildman–Crippen LogP) is 2.33. The molecular formula is C21H26N2O6S. The van der Waals surface area contributed by atoms with Crippen LogP contribution >= 0.6 is 0 Å². The molecule has 0 fully saturated rings. The molecule has 0 aliphatic carbocycles. The molecule has 0 radical (unpaired) electrons. The van der Waals surface area contributed by atoms with E-state index in [0.717, 1.165) is 17.6 Å². The van der Waals surface area contributed by atoms with E-state index in [2.05, 4.69) is 5.32 Å². The van der Waals surface area contributed by atoms with Gasteiger partial charge in [-0.3, -0.25) is 9.10 Å². The maximum atomic E-state index is 12.3. The van der Waals surface area contributed by atoms with Crippen LogP contribution < -0.4 is 23.8 Å². The minimum atomic E-state index is -3.51. The maximum Gasteiger partial charge on any atom is 0.232 e. The first-order valence-electron chi connectivity index (χ1n) is 9.64. The summed E-state index contributed by atoms with van der Waals surface area (Å²) < 4.78 is 42.0. The summed E-state index contributed by atoms with van der Waals surface area (Å²) in [5, 5.41) is 2.85. The average Bonchev–Trinajstić information content (AvgIpc) is 2.74. The van der Waals surface area contributed by atoms with E-state index in [0.29, 0.717) is 43.4 Å². The molecule has 0 aromatic heterocycles. The zero-order valence-electron chi connectivity index (χ0n) is 17.1. The van der Waals surface area contributed by atoms with Crippen molar-refractivity contribution in [1.29, 1.82) is 0 Å². The molecule has 1 aliphatic heterocycles. The number of carbonyl (C=O) groups is 1. The van der Waals surface area contributed by atoms with Gasteiger partial charge >= 0.3 is 0 Å². The van der Waals surface area contributed by atoms with E-state index >= 15 is 0 Å². The van der Waals surface area contributed by atoms with Crippen molar-refractivity contribution in [2.45, 2.75) is 19.4 Å². The molecule has 0 atom stereocenters. The van der Waals surface area contributed by atoms with Crippen molar-refractivity contribution in [3.8, 4) is 17.2 Å². The van der Waals surface area contributed by atoms with Gasteiger partial charge in [0.25, 0.3) is 0 Å². The number of carbonyl (C=O) groups excluding carboxylic acids is 1. The summed E-state index contributed by atoms with van der Waals surface area (Å²) in [6.45, 7) is 1.48. The fourth-order valence-electron chi connectivity index (χ4n) is 3.09. The van der Waals surface area contributed by atoms with Crippen molar-refractivity contribution in [2.75, 3.05) is 37.4 Å². The first kappa shape index (κ1) is 21.8. The number of hydrogen-bond acceptors (Lipinski definition) is 6. The molecular weight excluding hydrogens is 408 g/mol. The summed E-state index contributed by atoms with van der Waals surface area (Å²) in [5.74, 6) is 1.73. The number of nitrogens with one attached hydrogen (secondary N) is 1. The molecule has 2 aromatic rings. The summed E-state index contributed by atoms with van der Waals surface area (Å²) in [6.07, 6.45) is 1.75. The van der Waals surface area contributed by atoms with Crippen molar-refractivity contribution in [3.63, 3.8) is 0 Å². The molecule has 0 saturated heterocycles. The predicted molar refractivity (Wildman–Crippen MR) is 114 cm³/mol. The fourth-order valence-corrected chi connectivity index (χ4v) is 4.05. The third-order valence-electron chi connectivity index (χ3n) is 4.63. The highest BCUT2D eigenvalue weighted by atomic mass is 32.2. The fraction of sp³-hybridized carbons (Fsp3) is 0.381. The van der Waals surface area contributed by atoms with Gasteiger partial charge in [0.15, 0.2) is 11.5 Å². The first-order chi connectivity index (χ1) is 14.4. The lowest BCUT2D eigenvalue weighted by atomic mass is 10.2. The number of amides is 1. The number of hydrogen-bond donors (Lipinski definition) is 1. The number of benzene rings is 2. The van der Waals surface area contributed by atoms with Gasteiger partial charge < -0.3 is 19.5 Å². The molecule has 1 amide bonds. The number of methoxy groups -OCH3 is 1. The molecule has 2 aromatic carbocycles. The lowest BCUT2D eigenvalue weighted by Crippen LogP contribution is -2.32. The third kappa shape index (κ3) is 5.79. The van der Waals surface area contributed by atoms with Crippen LogP contribution in [0.15, 0.2) is 42.5 Å². The number of nitrogens with zero attached hydrogens (tertiary/aromatic N) is 1. The molecule has 30 heavy (non-hydrogen) atoms. The zero-order valence-corrected chi connectivity index (χ0v) is 17.9. The Morgan fingerprint density at radius 1 is 1.10 bits per heavy atom. The highest BCUT2D eigenvalue weighted by Crippen LogP contribution is 2.34. The van der Waals surface area contributed by atoms with Crippen LogP contribution in [0.25, 0.3) is 0 Å². The largest absolute Gasteiger partial charge is 0.497 e. The van der Waals surface area contributed by atoms with E-state index in [1.54, 1.807) is 25.3 Å². The number of rotatable bonds is 9. The molecule has 1 heterocycles. The molecule has 1 N–H and O–H groups in total. The minimum absolute atomic E-state index is 0.138. The molecule has 162 valence electrons. The summed E-state index contributed by atoms with van der Waals surface area (Å²) in [5.41, 5.74) is 1.44. The Kier molecular flexibility index (Phi) is 7.04. The first-order valence-corrected chi connectivity index (χ1v) is 11.5. The van der Waals surface area contributed by atoms with E-state index in [4.69, 9.17) is 14.2 Å². The van der Waals surface area contributed by atoms with E-state index in [1.165, 1.54) is 4.31 Å². The zero-order chi connectivity index (χ0) is 21.6. The second kappa shape index (κ2) is 9.71. The smallest absolute Gasteiger partial charge is 0.232 e. The van der Waals surface area contributed by atoms with Crippen LogP contribution in [0.4, 0.5) is 5.69 Å². The third-order valence-corrected chi connectivity index (χ3v) is 5.82. The van der Waals surface area contributed by atoms with E-state index < -0.39 is 10.0 Å². The molecule has 1 aliphatic rings. The Morgan fingerprint density at radius 3 is 2.47 bits per heavy atom. The Balaban J connectivity index is 1.54. The van der Waals surface area contributed by atoms with Crippen molar-refractivity contribution in [1.82, 2.24) is 5.32 Å². The highest BCUT2D eigenvalue weighted by Gasteiger charge is 2.21. The summed E-state index contributed by atoms with van der Waals surface area (Å²) in [7, 11) is -1.91. The van der Waals surface area contributed by atoms with E-state index in [9.17, 15) is 13.2 Å². The van der Waals surface area contributed by atoms with Gasteiger partial charge in [-0.2, -0.15) is 0 Å². The number of anilines is 1. The quantitative estimate of drug-likeness (QED) is 0.651. The topological polar surface area (TPSA) is 94.2 Å². The van der Waals surface area contributed by atoms with Crippen LogP contribution in [0, 0.1) is 0 Å². The second-order valence-electron chi connectivity index (χ2n) is 6.89. The van der Waals surface area contributed by atoms with Gasteiger partial charge in [-0.05, 0) is 36.2 Å².